The molecule has 0 bridgehead atoms. The van der Waals surface area contributed by atoms with E-state index in [0.29, 0.717) is 0 Å². The van der Waals surface area contributed by atoms with E-state index >= 15 is 0 Å². The molecule has 7 heteroatoms. The van der Waals surface area contributed by atoms with E-state index < -0.39 is 23.1 Å². The van der Waals surface area contributed by atoms with Crippen LogP contribution in [-0.4, -0.2) is 38.1 Å². The Morgan fingerprint density at radius 1 is 0.923 bits per heavy atom. The maximum atomic E-state index is 12.7. The van der Waals surface area contributed by atoms with Crippen LogP contribution in [0.5, 0.6) is 0 Å². The van der Waals surface area contributed by atoms with Crippen LogP contribution in [0.25, 0.3) is 0 Å². The third-order valence-electron chi connectivity index (χ3n) is 3.09. The molecular formula is C19H25N3O4. The van der Waals surface area contributed by atoms with Gasteiger partial charge in [-0.25, -0.2) is 14.3 Å². The number of aromatic nitrogens is 3. The first-order valence-electron chi connectivity index (χ1n) is 8.40. The molecule has 0 spiro atoms. The standard InChI is InChI=1S/C19H25N3O4/c1-18(2,3)25-16(23)14-15(17(24)26-19(4,5)6)22(21-20-14)12-13-10-8-7-9-11-13/h7-11H,12H2,1-6H3. The SMILES string of the molecule is CC(C)(C)OC(=O)c1nnn(Cc2ccccc2)c1C(=O)OC(C)(C)C. The van der Waals surface area contributed by atoms with Crippen molar-refractivity contribution in [1.29, 1.82) is 0 Å². The first kappa shape index (κ1) is 19.6. The smallest absolute Gasteiger partial charge is 0.362 e. The third kappa shape index (κ3) is 5.40. The zero-order chi connectivity index (χ0) is 19.5. The Hall–Kier alpha value is -2.70. The lowest BCUT2D eigenvalue weighted by Crippen LogP contribution is -2.29. The lowest BCUT2D eigenvalue weighted by molar-refractivity contribution is 0.000761. The normalized spacial score (nSPS) is 11.9. The maximum Gasteiger partial charge on any atom is 0.362 e. The van der Waals surface area contributed by atoms with Crippen LogP contribution in [0.15, 0.2) is 30.3 Å². The van der Waals surface area contributed by atoms with Gasteiger partial charge in [-0.3, -0.25) is 0 Å². The summed E-state index contributed by atoms with van der Waals surface area (Å²) in [6.45, 7) is 10.8. The van der Waals surface area contributed by atoms with Crippen molar-refractivity contribution in [2.75, 3.05) is 0 Å². The number of ether oxygens (including phenoxy) is 2. The summed E-state index contributed by atoms with van der Waals surface area (Å²) in [7, 11) is 0. The summed E-state index contributed by atoms with van der Waals surface area (Å²) in [6, 6.07) is 9.45. The Labute approximate surface area is 153 Å². The molecule has 2 rings (SSSR count). The van der Waals surface area contributed by atoms with Gasteiger partial charge in [0.15, 0.2) is 5.69 Å². The average molecular weight is 359 g/mol. The van der Waals surface area contributed by atoms with Gasteiger partial charge < -0.3 is 9.47 Å². The molecule has 2 aromatic rings. The summed E-state index contributed by atoms with van der Waals surface area (Å²) < 4.78 is 12.1. The second-order valence-corrected chi connectivity index (χ2v) is 7.93. The lowest BCUT2D eigenvalue weighted by atomic mass is 10.2. The van der Waals surface area contributed by atoms with Crippen LogP contribution in [0, 0.1) is 0 Å². The number of nitrogens with zero attached hydrogens (tertiary/aromatic N) is 3. The fourth-order valence-electron chi connectivity index (χ4n) is 2.17. The van der Waals surface area contributed by atoms with Crippen LogP contribution in [0.3, 0.4) is 0 Å². The summed E-state index contributed by atoms with van der Waals surface area (Å²) in [5.41, 5.74) is -0.684. The first-order valence-corrected chi connectivity index (χ1v) is 8.40. The summed E-state index contributed by atoms with van der Waals surface area (Å²) in [6.07, 6.45) is 0. The molecular weight excluding hydrogens is 334 g/mol. The highest BCUT2D eigenvalue weighted by atomic mass is 16.6. The molecule has 0 unspecified atom stereocenters. The molecule has 0 aliphatic carbocycles. The molecule has 1 aromatic carbocycles. The number of esters is 2. The molecule has 0 fully saturated rings. The number of hydrogen-bond donors (Lipinski definition) is 0. The van der Waals surface area contributed by atoms with Crippen molar-refractivity contribution in [3.8, 4) is 0 Å². The Morgan fingerprint density at radius 3 is 2.00 bits per heavy atom. The molecule has 0 saturated carbocycles. The van der Waals surface area contributed by atoms with Gasteiger partial charge in [-0.05, 0) is 47.1 Å². The molecule has 26 heavy (non-hydrogen) atoms. The number of carbonyl (C=O) groups excluding carboxylic acids is 2. The quantitative estimate of drug-likeness (QED) is 0.779. The van der Waals surface area contributed by atoms with Gasteiger partial charge in [0.25, 0.3) is 0 Å². The van der Waals surface area contributed by atoms with Gasteiger partial charge in [0.2, 0.25) is 5.69 Å². The van der Waals surface area contributed by atoms with Crippen molar-refractivity contribution < 1.29 is 19.1 Å². The van der Waals surface area contributed by atoms with Crippen molar-refractivity contribution in [1.82, 2.24) is 15.0 Å². The molecule has 0 radical (unpaired) electrons. The minimum atomic E-state index is -0.718. The van der Waals surface area contributed by atoms with E-state index in [-0.39, 0.29) is 17.9 Å². The third-order valence-corrected chi connectivity index (χ3v) is 3.09. The van der Waals surface area contributed by atoms with Gasteiger partial charge in [0, 0.05) is 0 Å². The number of carbonyl (C=O) groups is 2. The molecule has 0 aliphatic rings. The Balaban J connectivity index is 2.42. The van der Waals surface area contributed by atoms with Crippen LogP contribution in [0.2, 0.25) is 0 Å². The van der Waals surface area contributed by atoms with Crippen LogP contribution in [-0.2, 0) is 16.0 Å². The van der Waals surface area contributed by atoms with Crippen molar-refractivity contribution in [3.05, 3.63) is 47.3 Å². The second-order valence-electron chi connectivity index (χ2n) is 7.93. The maximum absolute atomic E-state index is 12.7. The van der Waals surface area contributed by atoms with E-state index in [1.54, 1.807) is 41.5 Å². The van der Waals surface area contributed by atoms with Crippen molar-refractivity contribution >= 4 is 11.9 Å². The monoisotopic (exact) mass is 359 g/mol. The van der Waals surface area contributed by atoms with E-state index in [0.717, 1.165) is 5.56 Å². The van der Waals surface area contributed by atoms with Crippen molar-refractivity contribution in [2.45, 2.75) is 59.3 Å². The van der Waals surface area contributed by atoms with Gasteiger partial charge in [-0.1, -0.05) is 35.5 Å². The number of hydrogen-bond acceptors (Lipinski definition) is 6. The first-order chi connectivity index (χ1) is 12.0. The van der Waals surface area contributed by atoms with E-state index in [1.807, 2.05) is 30.3 Å². The Bertz CT molecular complexity index is 783. The summed E-state index contributed by atoms with van der Waals surface area (Å²) in [5, 5.41) is 7.86. The van der Waals surface area contributed by atoms with Gasteiger partial charge in [-0.15, -0.1) is 5.10 Å². The van der Waals surface area contributed by atoms with Crippen LogP contribution >= 0.6 is 0 Å². The second kappa shape index (κ2) is 7.27. The summed E-state index contributed by atoms with van der Waals surface area (Å²) in [4.78, 5) is 25.2. The molecule has 1 heterocycles. The molecule has 7 nitrogen and oxygen atoms in total. The summed E-state index contributed by atoms with van der Waals surface area (Å²) in [5.74, 6) is -1.38. The minimum absolute atomic E-state index is 0.0157. The molecule has 0 N–H and O–H groups in total. The average Bonchev–Trinajstić information content (AvgIpc) is 2.88. The predicted octanol–water partition coefficient (Wildman–Crippen LogP) is 3.24. The fraction of sp³-hybridized carbons (Fsp3) is 0.474. The van der Waals surface area contributed by atoms with Gasteiger partial charge >= 0.3 is 11.9 Å². The van der Waals surface area contributed by atoms with E-state index in [9.17, 15) is 9.59 Å². The van der Waals surface area contributed by atoms with Gasteiger partial charge in [0.1, 0.15) is 11.2 Å². The minimum Gasteiger partial charge on any atom is -0.455 e. The zero-order valence-electron chi connectivity index (χ0n) is 16.1. The summed E-state index contributed by atoms with van der Waals surface area (Å²) >= 11 is 0. The van der Waals surface area contributed by atoms with Crippen molar-refractivity contribution in [2.24, 2.45) is 0 Å². The van der Waals surface area contributed by atoms with Crippen LogP contribution in [0.4, 0.5) is 0 Å². The van der Waals surface area contributed by atoms with Crippen LogP contribution in [0.1, 0.15) is 68.1 Å². The van der Waals surface area contributed by atoms with Crippen LogP contribution < -0.4 is 0 Å². The van der Waals surface area contributed by atoms with E-state index in [1.165, 1.54) is 4.68 Å². The van der Waals surface area contributed by atoms with E-state index in [2.05, 4.69) is 10.3 Å². The zero-order valence-corrected chi connectivity index (χ0v) is 16.1. The molecule has 140 valence electrons. The fourth-order valence-corrected chi connectivity index (χ4v) is 2.17. The highest BCUT2D eigenvalue weighted by molar-refractivity contribution is 6.00. The molecule has 1 aromatic heterocycles. The molecule has 0 saturated heterocycles. The molecule has 0 amide bonds. The highest BCUT2D eigenvalue weighted by Gasteiger charge is 2.32. The topological polar surface area (TPSA) is 83.3 Å². The van der Waals surface area contributed by atoms with E-state index in [4.69, 9.17) is 9.47 Å². The Morgan fingerprint density at radius 2 is 1.46 bits per heavy atom. The predicted molar refractivity (Wildman–Crippen MR) is 95.9 cm³/mol. The van der Waals surface area contributed by atoms with Gasteiger partial charge in [0.05, 0.1) is 6.54 Å². The number of rotatable bonds is 4. The van der Waals surface area contributed by atoms with Gasteiger partial charge in [-0.2, -0.15) is 0 Å². The highest BCUT2D eigenvalue weighted by Crippen LogP contribution is 2.18. The number of benzene rings is 1. The molecule has 0 atom stereocenters. The largest absolute Gasteiger partial charge is 0.455 e. The van der Waals surface area contributed by atoms with Crippen molar-refractivity contribution in [3.63, 3.8) is 0 Å². The lowest BCUT2D eigenvalue weighted by Gasteiger charge is -2.21. The molecule has 0 aliphatic heterocycles. The Kier molecular flexibility index (Phi) is 5.49.